The van der Waals surface area contributed by atoms with Crippen LogP contribution in [0.1, 0.15) is 10.5 Å². The Hall–Kier alpha value is -2.22. The smallest absolute Gasteiger partial charge is 0.352 e. The van der Waals surface area contributed by atoms with Gasteiger partial charge in [0.05, 0.1) is 10.2 Å². The highest BCUT2D eigenvalue weighted by molar-refractivity contribution is 9.10. The minimum atomic E-state index is -1.18. The second-order valence-corrected chi connectivity index (χ2v) is 4.98. The maximum absolute atomic E-state index is 13.5. The molecule has 2 N–H and O–H groups in total. The number of hydrogen-bond acceptors (Lipinski definition) is 2. The third-order valence-corrected chi connectivity index (χ3v) is 3.25. The number of hydrogen-bond donors (Lipinski definition) is 2. The molecule has 21 heavy (non-hydrogen) atoms. The Morgan fingerprint density at radius 2 is 2.00 bits per heavy atom. The van der Waals surface area contributed by atoms with Crippen molar-refractivity contribution in [2.24, 2.45) is 0 Å². The molecule has 2 aromatic rings. The van der Waals surface area contributed by atoms with E-state index in [0.29, 0.717) is 6.07 Å². The molecule has 1 heterocycles. The van der Waals surface area contributed by atoms with Crippen molar-refractivity contribution in [1.82, 2.24) is 4.57 Å². The number of benzene rings is 1. The number of carboxylic acids is 1. The Kier molecular flexibility index (Phi) is 4.37. The van der Waals surface area contributed by atoms with Gasteiger partial charge in [0, 0.05) is 12.3 Å². The van der Waals surface area contributed by atoms with Crippen molar-refractivity contribution < 1.29 is 23.5 Å². The van der Waals surface area contributed by atoms with Gasteiger partial charge in [-0.25, -0.2) is 13.6 Å². The van der Waals surface area contributed by atoms with Crippen LogP contribution in [0.3, 0.4) is 0 Å². The molecule has 8 heteroatoms. The van der Waals surface area contributed by atoms with Crippen LogP contribution in [0.25, 0.3) is 0 Å². The first-order valence-corrected chi connectivity index (χ1v) is 6.50. The van der Waals surface area contributed by atoms with Crippen LogP contribution in [0.15, 0.2) is 34.9 Å². The van der Waals surface area contributed by atoms with Gasteiger partial charge in [0.15, 0.2) is 0 Å². The van der Waals surface area contributed by atoms with Crippen LogP contribution >= 0.6 is 15.9 Å². The van der Waals surface area contributed by atoms with E-state index in [4.69, 9.17) is 5.11 Å². The first kappa shape index (κ1) is 15.2. The van der Waals surface area contributed by atoms with Gasteiger partial charge >= 0.3 is 5.97 Å². The number of nitrogens with zero attached hydrogens (tertiary/aromatic N) is 1. The summed E-state index contributed by atoms with van der Waals surface area (Å²) in [5.41, 5.74) is -0.261. The molecule has 0 fully saturated rings. The number of nitrogens with one attached hydrogen (secondary N) is 1. The Morgan fingerprint density at radius 1 is 1.29 bits per heavy atom. The summed E-state index contributed by atoms with van der Waals surface area (Å²) in [5.74, 6) is -3.52. The topological polar surface area (TPSA) is 71.3 Å². The lowest BCUT2D eigenvalue weighted by Crippen LogP contribution is -2.21. The molecule has 0 aliphatic rings. The molecule has 0 spiro atoms. The van der Waals surface area contributed by atoms with E-state index in [0.717, 1.165) is 6.07 Å². The fourth-order valence-electron chi connectivity index (χ4n) is 1.71. The second-order valence-electron chi connectivity index (χ2n) is 4.12. The Morgan fingerprint density at radius 3 is 2.67 bits per heavy atom. The van der Waals surface area contributed by atoms with Crippen molar-refractivity contribution in [1.29, 1.82) is 0 Å². The molecule has 1 aromatic carbocycles. The third-order valence-electron chi connectivity index (χ3n) is 2.65. The molecule has 0 aliphatic heterocycles. The average molecular weight is 359 g/mol. The quantitative estimate of drug-likeness (QED) is 0.825. The number of aromatic carboxylic acids is 1. The molecular weight excluding hydrogens is 350 g/mol. The van der Waals surface area contributed by atoms with Gasteiger partial charge in [0.25, 0.3) is 0 Å². The zero-order chi connectivity index (χ0) is 15.6. The van der Waals surface area contributed by atoms with Gasteiger partial charge in [-0.05, 0) is 34.1 Å². The largest absolute Gasteiger partial charge is 0.477 e. The number of anilines is 1. The van der Waals surface area contributed by atoms with Gasteiger partial charge in [-0.1, -0.05) is 0 Å². The lowest BCUT2D eigenvalue weighted by molar-refractivity contribution is -0.116. The number of amides is 1. The molecular formula is C13H9BrF2N2O3. The van der Waals surface area contributed by atoms with Gasteiger partial charge < -0.3 is 15.0 Å². The van der Waals surface area contributed by atoms with Crippen LogP contribution in [-0.2, 0) is 11.3 Å². The van der Waals surface area contributed by atoms with Crippen LogP contribution in [0.2, 0.25) is 0 Å². The van der Waals surface area contributed by atoms with E-state index in [1.54, 1.807) is 0 Å². The summed E-state index contributed by atoms with van der Waals surface area (Å²) in [4.78, 5) is 22.7. The monoisotopic (exact) mass is 358 g/mol. The molecule has 1 amide bonds. The number of rotatable bonds is 4. The number of carboxylic acid groups (broad SMARTS) is 1. The Labute approximate surface area is 126 Å². The summed E-state index contributed by atoms with van der Waals surface area (Å²) in [5, 5.41) is 11.2. The van der Waals surface area contributed by atoms with Crippen molar-refractivity contribution in [3.8, 4) is 0 Å². The van der Waals surface area contributed by atoms with Crippen LogP contribution in [-0.4, -0.2) is 21.6 Å². The Balaban J connectivity index is 2.14. The molecule has 2 rings (SSSR count). The lowest BCUT2D eigenvalue weighted by atomic mass is 10.3. The molecule has 0 unspecified atom stereocenters. The van der Waals surface area contributed by atoms with Crippen molar-refractivity contribution in [2.75, 3.05) is 5.32 Å². The first-order valence-electron chi connectivity index (χ1n) is 5.71. The van der Waals surface area contributed by atoms with E-state index in [9.17, 15) is 18.4 Å². The number of carbonyl (C=O) groups is 2. The molecule has 5 nitrogen and oxygen atoms in total. The minimum absolute atomic E-state index is 0.00592. The van der Waals surface area contributed by atoms with Crippen molar-refractivity contribution in [3.05, 3.63) is 52.3 Å². The maximum Gasteiger partial charge on any atom is 0.352 e. The van der Waals surface area contributed by atoms with Crippen LogP contribution in [0.5, 0.6) is 0 Å². The zero-order valence-electron chi connectivity index (χ0n) is 10.4. The Bertz CT molecular complexity index is 715. The molecule has 0 radical (unpaired) electrons. The number of halogens is 3. The van der Waals surface area contributed by atoms with Crippen molar-refractivity contribution >= 4 is 33.5 Å². The second kappa shape index (κ2) is 6.04. The average Bonchev–Trinajstić information content (AvgIpc) is 2.84. The molecule has 0 atom stereocenters. The van der Waals surface area contributed by atoms with E-state index >= 15 is 0 Å². The highest BCUT2D eigenvalue weighted by Crippen LogP contribution is 2.23. The summed E-state index contributed by atoms with van der Waals surface area (Å²) >= 11 is 2.89. The first-order chi connectivity index (χ1) is 9.88. The van der Waals surface area contributed by atoms with Crippen molar-refractivity contribution in [3.63, 3.8) is 0 Å². The molecule has 1 aromatic heterocycles. The number of carbonyl (C=O) groups excluding carboxylic acids is 1. The standard InChI is InChI=1S/C13H9BrF2N2O3/c14-7-4-10(9(16)5-8(7)15)17-12(19)6-18-3-1-2-11(18)13(20)21/h1-5H,6H2,(H,17,19)(H,20,21). The van der Waals surface area contributed by atoms with Gasteiger partial charge in [-0.3, -0.25) is 4.79 Å². The fraction of sp³-hybridized carbons (Fsp3) is 0.0769. The molecule has 0 bridgehead atoms. The van der Waals surface area contributed by atoms with Crippen LogP contribution in [0, 0.1) is 11.6 Å². The van der Waals surface area contributed by atoms with E-state index in [1.165, 1.54) is 22.9 Å². The van der Waals surface area contributed by atoms with E-state index < -0.39 is 23.5 Å². The third kappa shape index (κ3) is 3.46. The van der Waals surface area contributed by atoms with E-state index in [1.807, 2.05) is 0 Å². The van der Waals surface area contributed by atoms with Gasteiger partial charge in [-0.15, -0.1) is 0 Å². The molecule has 0 saturated heterocycles. The predicted molar refractivity (Wildman–Crippen MR) is 74.1 cm³/mol. The molecule has 110 valence electrons. The van der Waals surface area contributed by atoms with Gasteiger partial charge in [-0.2, -0.15) is 0 Å². The SMILES string of the molecule is O=C(Cn1cccc1C(=O)O)Nc1cc(Br)c(F)cc1F. The summed E-state index contributed by atoms with van der Waals surface area (Å²) in [6.07, 6.45) is 1.42. The predicted octanol–water partition coefficient (Wildman–Crippen LogP) is 2.87. The summed E-state index contributed by atoms with van der Waals surface area (Å²) < 4.78 is 27.8. The summed E-state index contributed by atoms with van der Waals surface area (Å²) in [7, 11) is 0. The lowest BCUT2D eigenvalue weighted by Gasteiger charge is -2.09. The fourth-order valence-corrected chi connectivity index (χ4v) is 2.05. The van der Waals surface area contributed by atoms with Crippen LogP contribution in [0.4, 0.5) is 14.5 Å². The molecule has 0 saturated carbocycles. The van der Waals surface area contributed by atoms with E-state index in [2.05, 4.69) is 21.2 Å². The minimum Gasteiger partial charge on any atom is -0.477 e. The summed E-state index contributed by atoms with van der Waals surface area (Å²) in [6.45, 7) is -0.303. The van der Waals surface area contributed by atoms with E-state index in [-0.39, 0.29) is 22.4 Å². The summed E-state index contributed by atoms with van der Waals surface area (Å²) in [6, 6.07) is 4.55. The maximum atomic E-state index is 13.5. The zero-order valence-corrected chi connectivity index (χ0v) is 12.0. The molecule has 0 aliphatic carbocycles. The van der Waals surface area contributed by atoms with Crippen molar-refractivity contribution in [2.45, 2.75) is 6.54 Å². The van der Waals surface area contributed by atoms with Gasteiger partial charge in [0.2, 0.25) is 5.91 Å². The van der Waals surface area contributed by atoms with Gasteiger partial charge in [0.1, 0.15) is 23.9 Å². The highest BCUT2D eigenvalue weighted by atomic mass is 79.9. The normalized spacial score (nSPS) is 10.4. The highest BCUT2D eigenvalue weighted by Gasteiger charge is 2.14. The number of aromatic nitrogens is 1. The van der Waals surface area contributed by atoms with Crippen LogP contribution < -0.4 is 5.32 Å².